The Morgan fingerprint density at radius 2 is 1.69 bits per heavy atom. The lowest BCUT2D eigenvalue weighted by atomic mass is 9.71. The Bertz CT molecular complexity index is 153. The Morgan fingerprint density at radius 3 is 2.23 bits per heavy atom. The fourth-order valence-electron chi connectivity index (χ4n) is 3.14. The van der Waals surface area contributed by atoms with Crippen molar-refractivity contribution < 1.29 is 4.84 Å². The first-order valence-electron chi connectivity index (χ1n) is 5.63. The molecule has 1 spiro atoms. The Hall–Kier alpha value is -0.0800. The average molecular weight is 183 g/mol. The molecule has 0 aromatic carbocycles. The first-order chi connectivity index (χ1) is 6.35. The van der Waals surface area contributed by atoms with Crippen LogP contribution in [0.3, 0.4) is 0 Å². The van der Waals surface area contributed by atoms with Crippen molar-refractivity contribution >= 4 is 0 Å². The summed E-state index contributed by atoms with van der Waals surface area (Å²) >= 11 is 0. The molecule has 0 bridgehead atoms. The fraction of sp³-hybridized carbons (Fsp3) is 1.00. The van der Waals surface area contributed by atoms with Gasteiger partial charge in [-0.05, 0) is 43.9 Å². The van der Waals surface area contributed by atoms with Crippen LogP contribution in [0, 0.1) is 5.41 Å². The Morgan fingerprint density at radius 1 is 1.08 bits per heavy atom. The smallest absolute Gasteiger partial charge is 0.0572 e. The van der Waals surface area contributed by atoms with Crippen molar-refractivity contribution in [3.8, 4) is 0 Å². The molecular formula is C11H21NO. The van der Waals surface area contributed by atoms with Gasteiger partial charge in [0, 0.05) is 6.04 Å². The largest absolute Gasteiger partial charge is 0.305 e. The molecule has 2 saturated carbocycles. The standard InChI is InChI=1S/C11H21NO/c1-13-12-10-4-8-11(9-5-10)6-2-3-7-11/h10,12H,2-9H2,1H3. The summed E-state index contributed by atoms with van der Waals surface area (Å²) in [6, 6.07) is 0.622. The SMILES string of the molecule is CONC1CCC2(CCCC2)CC1. The average Bonchev–Trinajstić information content (AvgIpc) is 2.59. The molecule has 0 amide bonds. The van der Waals surface area contributed by atoms with Gasteiger partial charge in [0.25, 0.3) is 0 Å². The van der Waals surface area contributed by atoms with Crippen LogP contribution in [0.5, 0.6) is 0 Å². The molecule has 2 aliphatic carbocycles. The van der Waals surface area contributed by atoms with Crippen molar-refractivity contribution in [3.63, 3.8) is 0 Å². The van der Waals surface area contributed by atoms with Gasteiger partial charge in [-0.15, -0.1) is 0 Å². The van der Waals surface area contributed by atoms with Crippen LogP contribution in [0.15, 0.2) is 0 Å². The van der Waals surface area contributed by atoms with Gasteiger partial charge in [0.1, 0.15) is 0 Å². The monoisotopic (exact) mass is 183 g/mol. The van der Waals surface area contributed by atoms with E-state index < -0.39 is 0 Å². The number of hydrogen-bond acceptors (Lipinski definition) is 2. The highest BCUT2D eigenvalue weighted by atomic mass is 16.6. The van der Waals surface area contributed by atoms with Gasteiger partial charge < -0.3 is 4.84 Å². The Labute approximate surface area is 81.0 Å². The summed E-state index contributed by atoms with van der Waals surface area (Å²) in [6.07, 6.45) is 11.4. The van der Waals surface area contributed by atoms with Crippen LogP contribution in [-0.4, -0.2) is 13.2 Å². The van der Waals surface area contributed by atoms with E-state index in [2.05, 4.69) is 5.48 Å². The number of rotatable bonds is 2. The maximum atomic E-state index is 4.98. The number of nitrogens with one attached hydrogen (secondary N) is 1. The zero-order chi connectivity index (χ0) is 9.15. The lowest BCUT2D eigenvalue weighted by Gasteiger charge is -2.37. The van der Waals surface area contributed by atoms with Crippen molar-refractivity contribution in [1.29, 1.82) is 0 Å². The van der Waals surface area contributed by atoms with E-state index in [1.807, 2.05) is 0 Å². The molecule has 0 aromatic heterocycles. The lowest BCUT2D eigenvalue weighted by molar-refractivity contribution is 0.0298. The molecule has 0 unspecified atom stereocenters. The molecule has 0 radical (unpaired) electrons. The molecule has 2 heteroatoms. The summed E-state index contributed by atoms with van der Waals surface area (Å²) in [5.41, 5.74) is 3.85. The van der Waals surface area contributed by atoms with Gasteiger partial charge in [-0.2, -0.15) is 5.48 Å². The van der Waals surface area contributed by atoms with E-state index in [9.17, 15) is 0 Å². The molecule has 0 aliphatic heterocycles. The van der Waals surface area contributed by atoms with Gasteiger partial charge in [-0.1, -0.05) is 12.8 Å². The Kier molecular flexibility index (Phi) is 2.89. The van der Waals surface area contributed by atoms with E-state index in [4.69, 9.17) is 4.84 Å². The van der Waals surface area contributed by atoms with Crippen molar-refractivity contribution in [2.75, 3.05) is 7.11 Å². The fourth-order valence-corrected chi connectivity index (χ4v) is 3.14. The molecular weight excluding hydrogens is 162 g/mol. The van der Waals surface area contributed by atoms with Crippen LogP contribution in [0.1, 0.15) is 51.4 Å². The molecule has 1 N–H and O–H groups in total. The first-order valence-corrected chi connectivity index (χ1v) is 5.63. The summed E-state index contributed by atoms with van der Waals surface area (Å²) < 4.78 is 0. The molecule has 13 heavy (non-hydrogen) atoms. The maximum absolute atomic E-state index is 4.98. The van der Waals surface area contributed by atoms with Crippen LogP contribution in [0.2, 0.25) is 0 Å². The van der Waals surface area contributed by atoms with E-state index in [1.165, 1.54) is 51.4 Å². The van der Waals surface area contributed by atoms with Crippen molar-refractivity contribution in [2.45, 2.75) is 57.4 Å². The summed E-state index contributed by atoms with van der Waals surface area (Å²) in [7, 11) is 1.72. The molecule has 0 saturated heterocycles. The van der Waals surface area contributed by atoms with E-state index in [-0.39, 0.29) is 0 Å². The van der Waals surface area contributed by atoms with Gasteiger partial charge in [0.2, 0.25) is 0 Å². The summed E-state index contributed by atoms with van der Waals surface area (Å²) in [6.45, 7) is 0. The van der Waals surface area contributed by atoms with Crippen molar-refractivity contribution in [2.24, 2.45) is 5.41 Å². The molecule has 76 valence electrons. The molecule has 0 atom stereocenters. The zero-order valence-corrected chi connectivity index (χ0v) is 8.64. The molecule has 2 rings (SSSR count). The van der Waals surface area contributed by atoms with Crippen LogP contribution in [0.25, 0.3) is 0 Å². The quantitative estimate of drug-likeness (QED) is 0.664. The summed E-state index contributed by atoms with van der Waals surface area (Å²) in [5.74, 6) is 0. The van der Waals surface area contributed by atoms with E-state index in [0.29, 0.717) is 6.04 Å². The minimum absolute atomic E-state index is 0.622. The Balaban J connectivity index is 1.81. The number of hydrogen-bond donors (Lipinski definition) is 1. The predicted octanol–water partition coefficient (Wildman–Crippen LogP) is 2.64. The van der Waals surface area contributed by atoms with E-state index >= 15 is 0 Å². The summed E-state index contributed by atoms with van der Waals surface area (Å²) in [5, 5.41) is 0. The minimum Gasteiger partial charge on any atom is -0.305 e. The third-order valence-corrected chi connectivity index (χ3v) is 3.99. The first kappa shape index (κ1) is 9.47. The lowest BCUT2D eigenvalue weighted by Crippen LogP contribution is -2.36. The topological polar surface area (TPSA) is 21.3 Å². The van der Waals surface area contributed by atoms with Crippen LogP contribution in [0.4, 0.5) is 0 Å². The molecule has 2 fully saturated rings. The van der Waals surface area contributed by atoms with Gasteiger partial charge in [0.15, 0.2) is 0 Å². The van der Waals surface area contributed by atoms with Gasteiger partial charge in [-0.25, -0.2) is 0 Å². The maximum Gasteiger partial charge on any atom is 0.0572 e. The molecule has 2 nitrogen and oxygen atoms in total. The van der Waals surface area contributed by atoms with E-state index in [0.717, 1.165) is 5.41 Å². The highest BCUT2D eigenvalue weighted by Gasteiger charge is 2.37. The second-order valence-electron chi connectivity index (χ2n) is 4.80. The molecule has 0 aromatic rings. The third-order valence-electron chi connectivity index (χ3n) is 3.99. The van der Waals surface area contributed by atoms with Crippen LogP contribution in [-0.2, 0) is 4.84 Å². The van der Waals surface area contributed by atoms with Crippen LogP contribution >= 0.6 is 0 Å². The van der Waals surface area contributed by atoms with Gasteiger partial charge >= 0.3 is 0 Å². The molecule has 0 heterocycles. The van der Waals surface area contributed by atoms with Gasteiger partial charge in [-0.3, -0.25) is 0 Å². The minimum atomic E-state index is 0.622. The second-order valence-corrected chi connectivity index (χ2v) is 4.80. The van der Waals surface area contributed by atoms with Crippen molar-refractivity contribution in [1.82, 2.24) is 5.48 Å². The number of hydroxylamine groups is 1. The highest BCUT2D eigenvalue weighted by Crippen LogP contribution is 2.48. The van der Waals surface area contributed by atoms with Gasteiger partial charge in [0.05, 0.1) is 7.11 Å². The zero-order valence-electron chi connectivity index (χ0n) is 8.64. The summed E-state index contributed by atoms with van der Waals surface area (Å²) in [4.78, 5) is 4.98. The second kappa shape index (κ2) is 3.97. The molecule has 2 aliphatic rings. The predicted molar refractivity (Wildman–Crippen MR) is 53.3 cm³/mol. The highest BCUT2D eigenvalue weighted by molar-refractivity contribution is 4.90. The van der Waals surface area contributed by atoms with E-state index in [1.54, 1.807) is 7.11 Å². The normalized spacial score (nSPS) is 28.4. The van der Waals surface area contributed by atoms with Crippen molar-refractivity contribution in [3.05, 3.63) is 0 Å². The third kappa shape index (κ3) is 2.05. The van der Waals surface area contributed by atoms with Crippen LogP contribution < -0.4 is 5.48 Å².